The summed E-state index contributed by atoms with van der Waals surface area (Å²) in [4.78, 5) is 23.0. The van der Waals surface area contributed by atoms with Gasteiger partial charge in [-0.05, 0) is 57.4 Å². The number of carbonyl (C=O) groups excluding carboxylic acids is 1. The topological polar surface area (TPSA) is 94.6 Å². The molecule has 1 aromatic carbocycles. The number of rotatable bonds is 11. The average Bonchev–Trinajstić information content (AvgIpc) is 3.25. The first-order valence-electron chi connectivity index (χ1n) is 13.5. The van der Waals surface area contributed by atoms with Crippen molar-refractivity contribution < 1.29 is 19.0 Å². The lowest BCUT2D eigenvalue weighted by Crippen LogP contribution is -2.26. The van der Waals surface area contributed by atoms with E-state index in [0.717, 1.165) is 59.8 Å². The summed E-state index contributed by atoms with van der Waals surface area (Å²) in [5.74, 6) is 1.51. The van der Waals surface area contributed by atoms with E-state index in [1.807, 2.05) is 24.3 Å². The van der Waals surface area contributed by atoms with Crippen molar-refractivity contribution in [2.24, 2.45) is 0 Å². The normalized spacial score (nSPS) is 13.9. The van der Waals surface area contributed by atoms with E-state index in [4.69, 9.17) is 35.8 Å². The zero-order chi connectivity index (χ0) is 27.8. The molecule has 2 N–H and O–H groups in total. The Morgan fingerprint density at radius 3 is 2.67 bits per heavy atom. The molecule has 4 rings (SSSR count). The Kier molecular flexibility index (Phi) is 10.4. The number of aryl methyl sites for hydroxylation is 4. The monoisotopic (exact) mass is 572 g/mol. The number of ether oxygens (including phenoxy) is 3. The predicted molar refractivity (Wildman–Crippen MR) is 156 cm³/mol. The molecule has 8 nitrogen and oxygen atoms in total. The van der Waals surface area contributed by atoms with Crippen LogP contribution in [0.5, 0.6) is 5.75 Å². The van der Waals surface area contributed by atoms with Crippen LogP contribution in [0.25, 0.3) is 0 Å². The van der Waals surface area contributed by atoms with E-state index in [2.05, 4.69) is 24.5 Å². The highest BCUT2D eigenvalue weighted by molar-refractivity contribution is 7.11. The summed E-state index contributed by atoms with van der Waals surface area (Å²) in [6, 6.07) is 9.37. The van der Waals surface area contributed by atoms with Gasteiger partial charge < -0.3 is 19.5 Å². The van der Waals surface area contributed by atoms with Gasteiger partial charge in [0, 0.05) is 59.2 Å². The number of aromatic nitrogens is 2. The maximum Gasteiger partial charge on any atom is 0.411 e. The van der Waals surface area contributed by atoms with Crippen LogP contribution in [0.1, 0.15) is 60.4 Å². The van der Waals surface area contributed by atoms with Gasteiger partial charge in [-0.15, -0.1) is 11.3 Å². The summed E-state index contributed by atoms with van der Waals surface area (Å²) in [7, 11) is 0. The summed E-state index contributed by atoms with van der Waals surface area (Å²) >= 11 is 8.11. The summed E-state index contributed by atoms with van der Waals surface area (Å²) in [6.45, 7) is 9.73. The number of carbonyl (C=O) groups is 1. The minimum atomic E-state index is -0.517. The van der Waals surface area contributed by atoms with Crippen molar-refractivity contribution in [3.63, 3.8) is 0 Å². The summed E-state index contributed by atoms with van der Waals surface area (Å²) in [6.07, 6.45) is 3.73. The van der Waals surface area contributed by atoms with Gasteiger partial charge in [-0.2, -0.15) is 0 Å². The van der Waals surface area contributed by atoms with Crippen molar-refractivity contribution >= 4 is 40.5 Å². The lowest BCUT2D eigenvalue weighted by atomic mass is 10.1. The Balaban J connectivity index is 1.48. The van der Waals surface area contributed by atoms with Gasteiger partial charge in [-0.1, -0.05) is 18.5 Å². The molecule has 0 spiro atoms. The third-order valence-corrected chi connectivity index (χ3v) is 7.78. The van der Waals surface area contributed by atoms with Gasteiger partial charge in [-0.3, -0.25) is 5.32 Å². The molecule has 1 saturated heterocycles. The molecule has 1 aliphatic rings. The molecule has 3 heterocycles. The molecular formula is C29H37ClN4O4S. The zero-order valence-electron chi connectivity index (χ0n) is 23.0. The van der Waals surface area contributed by atoms with Gasteiger partial charge in [0.25, 0.3) is 0 Å². The van der Waals surface area contributed by atoms with Crippen molar-refractivity contribution in [1.29, 1.82) is 0 Å². The second kappa shape index (κ2) is 14.0. The Morgan fingerprint density at radius 2 is 1.95 bits per heavy atom. The van der Waals surface area contributed by atoms with Gasteiger partial charge in [0.15, 0.2) is 0 Å². The number of thiazole rings is 1. The minimum Gasteiger partial charge on any atom is -0.490 e. The van der Waals surface area contributed by atoms with E-state index < -0.39 is 6.09 Å². The van der Waals surface area contributed by atoms with Crippen molar-refractivity contribution in [2.45, 2.75) is 78.6 Å². The molecule has 0 unspecified atom stereocenters. The van der Waals surface area contributed by atoms with Crippen LogP contribution in [0, 0.1) is 6.92 Å². The van der Waals surface area contributed by atoms with Gasteiger partial charge in [0.2, 0.25) is 0 Å². The van der Waals surface area contributed by atoms with Crippen LogP contribution in [-0.4, -0.2) is 41.5 Å². The average molecular weight is 573 g/mol. The van der Waals surface area contributed by atoms with Gasteiger partial charge in [0.05, 0.1) is 30.0 Å². The highest BCUT2D eigenvalue weighted by Crippen LogP contribution is 2.26. The Hall–Kier alpha value is -2.88. The van der Waals surface area contributed by atoms with Gasteiger partial charge >= 0.3 is 6.09 Å². The SMILES string of the molecule is CCc1sc(CCc2cc(OC3CCOCC3)cc(NCc3cc(Cl)cc(NC(=O)OC(C)C)c3)n2)nc1C. The van der Waals surface area contributed by atoms with E-state index in [0.29, 0.717) is 36.3 Å². The summed E-state index contributed by atoms with van der Waals surface area (Å²) in [5.41, 5.74) is 3.53. The lowest BCUT2D eigenvalue weighted by Gasteiger charge is -2.24. The van der Waals surface area contributed by atoms with Gasteiger partial charge in [0.1, 0.15) is 17.7 Å². The minimum absolute atomic E-state index is 0.128. The number of nitrogens with zero attached hydrogens (tertiary/aromatic N) is 2. The molecule has 0 bridgehead atoms. The number of benzene rings is 1. The predicted octanol–water partition coefficient (Wildman–Crippen LogP) is 6.97. The van der Waals surface area contributed by atoms with Crippen LogP contribution in [0.15, 0.2) is 30.3 Å². The standard InChI is InChI=1S/C29H37ClN4O4S/c1-5-26-19(4)32-28(39-26)7-6-22-15-25(38-24-8-10-36-11-9-24)16-27(33-22)31-17-20-12-21(30)14-23(13-20)34-29(35)37-18(2)3/h12-16,18,24H,5-11,17H2,1-4H3,(H,31,33)(H,34,35). The van der Waals surface area contributed by atoms with E-state index in [1.54, 1.807) is 31.3 Å². The van der Waals surface area contributed by atoms with Crippen molar-refractivity contribution in [1.82, 2.24) is 9.97 Å². The van der Waals surface area contributed by atoms with Crippen LogP contribution in [0.3, 0.4) is 0 Å². The summed E-state index contributed by atoms with van der Waals surface area (Å²) in [5, 5.41) is 7.79. The molecule has 0 aliphatic carbocycles. The fraction of sp³-hybridized carbons (Fsp3) is 0.483. The van der Waals surface area contributed by atoms with Crippen LogP contribution >= 0.6 is 22.9 Å². The maximum absolute atomic E-state index is 12.0. The largest absolute Gasteiger partial charge is 0.490 e. The molecule has 2 aromatic heterocycles. The number of nitrogens with one attached hydrogen (secondary N) is 2. The molecule has 1 amide bonds. The van der Waals surface area contributed by atoms with E-state index in [1.165, 1.54) is 4.88 Å². The Bertz CT molecular complexity index is 1260. The molecule has 0 saturated carbocycles. The van der Waals surface area contributed by atoms with Crippen molar-refractivity contribution in [3.8, 4) is 5.75 Å². The zero-order valence-corrected chi connectivity index (χ0v) is 24.6. The second-order valence-corrected chi connectivity index (χ2v) is 11.5. The van der Waals surface area contributed by atoms with Crippen LogP contribution in [0.2, 0.25) is 5.02 Å². The molecule has 0 atom stereocenters. The highest BCUT2D eigenvalue weighted by Gasteiger charge is 2.17. The first-order chi connectivity index (χ1) is 18.8. The maximum atomic E-state index is 12.0. The number of amides is 1. The molecule has 0 radical (unpaired) electrons. The number of anilines is 2. The van der Waals surface area contributed by atoms with Gasteiger partial charge in [-0.25, -0.2) is 14.8 Å². The van der Waals surface area contributed by atoms with Crippen LogP contribution < -0.4 is 15.4 Å². The first-order valence-corrected chi connectivity index (χ1v) is 14.7. The molecule has 210 valence electrons. The third kappa shape index (κ3) is 9.08. The van der Waals surface area contributed by atoms with Crippen molar-refractivity contribution in [2.75, 3.05) is 23.8 Å². The molecule has 1 fully saturated rings. The quantitative estimate of drug-likeness (QED) is 0.256. The van der Waals surface area contributed by atoms with Crippen molar-refractivity contribution in [3.05, 3.63) is 62.2 Å². The smallest absolute Gasteiger partial charge is 0.411 e. The number of hydrogen-bond donors (Lipinski definition) is 2. The number of halogens is 1. The van der Waals surface area contributed by atoms with E-state index in [-0.39, 0.29) is 12.2 Å². The molecule has 39 heavy (non-hydrogen) atoms. The van der Waals surface area contributed by atoms with Crippen LogP contribution in [0.4, 0.5) is 16.3 Å². The van der Waals surface area contributed by atoms with E-state index >= 15 is 0 Å². The van der Waals surface area contributed by atoms with E-state index in [9.17, 15) is 4.79 Å². The van der Waals surface area contributed by atoms with Crippen LogP contribution in [-0.2, 0) is 35.3 Å². The fourth-order valence-electron chi connectivity index (χ4n) is 4.37. The highest BCUT2D eigenvalue weighted by atomic mass is 35.5. The number of pyridine rings is 1. The molecule has 10 heteroatoms. The molecule has 3 aromatic rings. The lowest BCUT2D eigenvalue weighted by molar-refractivity contribution is 0.0255. The Labute approximate surface area is 239 Å². The molecular weight excluding hydrogens is 536 g/mol. The second-order valence-electron chi connectivity index (χ2n) is 9.86. The summed E-state index contributed by atoms with van der Waals surface area (Å²) < 4.78 is 17.0. The third-order valence-electron chi connectivity index (χ3n) is 6.20. The Morgan fingerprint density at radius 1 is 1.15 bits per heavy atom. The fourth-order valence-corrected chi connectivity index (χ4v) is 5.64. The number of hydrogen-bond acceptors (Lipinski definition) is 8. The first kappa shape index (κ1) is 29.1. The molecule has 1 aliphatic heterocycles.